The molecule has 0 saturated carbocycles. The average molecular weight is 506 g/mol. The highest BCUT2D eigenvalue weighted by atomic mass is 16.6. The Hall–Kier alpha value is -3.96. The fourth-order valence-corrected chi connectivity index (χ4v) is 5.47. The highest BCUT2D eigenvalue weighted by molar-refractivity contribution is 5.74. The molecule has 0 unspecified atom stereocenters. The molecule has 5 rings (SSSR count). The van der Waals surface area contributed by atoms with Gasteiger partial charge in [0.05, 0.1) is 17.4 Å². The van der Waals surface area contributed by atoms with Crippen molar-refractivity contribution < 1.29 is 9.53 Å². The van der Waals surface area contributed by atoms with Gasteiger partial charge in [-0.2, -0.15) is 0 Å². The van der Waals surface area contributed by atoms with Crippen LogP contribution in [0, 0.1) is 0 Å². The van der Waals surface area contributed by atoms with Crippen molar-refractivity contribution in [1.29, 1.82) is 0 Å². The zero-order chi connectivity index (χ0) is 26.6. The normalized spacial score (nSPS) is 15.9. The van der Waals surface area contributed by atoms with Gasteiger partial charge in [-0.15, -0.1) is 0 Å². The van der Waals surface area contributed by atoms with E-state index < -0.39 is 17.2 Å². The number of piperidine rings is 1. The zero-order valence-corrected chi connectivity index (χ0v) is 22.4. The maximum absolute atomic E-state index is 12.8. The first-order chi connectivity index (χ1) is 18.4. The third kappa shape index (κ3) is 5.20. The van der Waals surface area contributed by atoms with Gasteiger partial charge in [-0.25, -0.2) is 14.3 Å². The van der Waals surface area contributed by atoms with Crippen LogP contribution in [-0.4, -0.2) is 39.2 Å². The number of rotatable bonds is 5. The number of likely N-dealkylation sites (tertiary alicyclic amines) is 1. The van der Waals surface area contributed by atoms with Gasteiger partial charge < -0.3 is 4.74 Å². The molecule has 1 aliphatic heterocycles. The largest absolute Gasteiger partial charge is 0.443 e. The molecule has 0 atom stereocenters. The van der Waals surface area contributed by atoms with Crippen LogP contribution in [0.2, 0.25) is 0 Å². The Labute approximate surface area is 225 Å². The van der Waals surface area contributed by atoms with Gasteiger partial charge >= 0.3 is 6.09 Å². The first-order valence-electron chi connectivity index (χ1n) is 13.2. The molecule has 1 fully saturated rings. The summed E-state index contributed by atoms with van der Waals surface area (Å²) in [6.45, 7) is 7.32. The third-order valence-corrected chi connectivity index (χ3v) is 6.98. The van der Waals surface area contributed by atoms with Crippen molar-refractivity contribution in [2.45, 2.75) is 44.8 Å². The minimum atomic E-state index is -0.575. The van der Waals surface area contributed by atoms with Crippen LogP contribution in [0.25, 0.3) is 6.08 Å². The second-order valence-corrected chi connectivity index (χ2v) is 10.8. The number of hydrogen-bond acceptors (Lipinski definition) is 4. The number of carbonyl (C=O) groups excluding carboxylic acids is 1. The van der Waals surface area contributed by atoms with Crippen LogP contribution in [0.15, 0.2) is 109 Å². The molecule has 1 aliphatic rings. The molecule has 0 amide bonds. The predicted molar refractivity (Wildman–Crippen MR) is 152 cm³/mol. The van der Waals surface area contributed by atoms with Gasteiger partial charge in [0.15, 0.2) is 0 Å². The Morgan fingerprint density at radius 2 is 1.37 bits per heavy atom. The van der Waals surface area contributed by atoms with Crippen LogP contribution in [-0.2, 0) is 10.3 Å². The molecule has 38 heavy (non-hydrogen) atoms. The molecule has 1 saturated heterocycles. The third-order valence-electron chi connectivity index (χ3n) is 6.98. The fraction of sp³-hybridized carbons (Fsp3) is 0.273. The van der Waals surface area contributed by atoms with Gasteiger partial charge in [0.2, 0.25) is 0 Å². The highest BCUT2D eigenvalue weighted by Crippen LogP contribution is 2.44. The van der Waals surface area contributed by atoms with Crippen molar-refractivity contribution in [3.05, 3.63) is 131 Å². The minimum absolute atomic E-state index is 0.415. The van der Waals surface area contributed by atoms with Crippen molar-refractivity contribution >= 4 is 12.2 Å². The van der Waals surface area contributed by atoms with Crippen LogP contribution >= 0.6 is 0 Å². The molecule has 5 nitrogen and oxygen atoms in total. The van der Waals surface area contributed by atoms with E-state index in [0.29, 0.717) is 0 Å². The Bertz CT molecular complexity index is 1290. The zero-order valence-electron chi connectivity index (χ0n) is 22.4. The standard InChI is InChI=1S/C33H35N3O2/c1-32(2,3)38-31(37)36-25-34-23-30(36)22-26-14-13-21-35(24-26)33(27-15-7-4-8-16-27,28-17-9-5-10-18-28)29-19-11-6-12-20-29/h4-12,15-20,22-23,25H,13-14,21,24H2,1-3H3/b26-22+. The van der Waals surface area contributed by atoms with Crippen molar-refractivity contribution in [3.8, 4) is 0 Å². The number of carbonyl (C=O) groups is 1. The summed E-state index contributed by atoms with van der Waals surface area (Å²) in [5.41, 5.74) is 4.66. The Kier molecular flexibility index (Phi) is 7.30. The summed E-state index contributed by atoms with van der Waals surface area (Å²) in [5, 5.41) is 0. The van der Waals surface area contributed by atoms with E-state index in [4.69, 9.17) is 4.74 Å². The molecule has 0 aliphatic carbocycles. The number of benzene rings is 3. The summed E-state index contributed by atoms with van der Waals surface area (Å²) in [6.07, 6.45) is 6.93. The number of imidazole rings is 1. The first-order valence-corrected chi connectivity index (χ1v) is 13.2. The lowest BCUT2D eigenvalue weighted by Crippen LogP contribution is -2.50. The highest BCUT2D eigenvalue weighted by Gasteiger charge is 2.43. The van der Waals surface area contributed by atoms with Crippen LogP contribution in [0.4, 0.5) is 4.79 Å². The van der Waals surface area contributed by atoms with E-state index in [1.165, 1.54) is 33.2 Å². The Morgan fingerprint density at radius 3 is 1.87 bits per heavy atom. The van der Waals surface area contributed by atoms with E-state index in [-0.39, 0.29) is 0 Å². The van der Waals surface area contributed by atoms with Gasteiger partial charge in [0, 0.05) is 13.1 Å². The van der Waals surface area contributed by atoms with Crippen LogP contribution < -0.4 is 0 Å². The molecule has 0 N–H and O–H groups in total. The number of ether oxygens (including phenoxy) is 1. The van der Waals surface area contributed by atoms with Crippen LogP contribution in [0.5, 0.6) is 0 Å². The van der Waals surface area contributed by atoms with Gasteiger partial charge in [-0.05, 0) is 56.4 Å². The van der Waals surface area contributed by atoms with Crippen molar-refractivity contribution in [1.82, 2.24) is 14.5 Å². The van der Waals surface area contributed by atoms with Crippen LogP contribution in [0.3, 0.4) is 0 Å². The second kappa shape index (κ2) is 10.8. The minimum Gasteiger partial charge on any atom is -0.443 e. The van der Waals surface area contributed by atoms with Gasteiger partial charge in [-0.1, -0.05) is 96.6 Å². The lowest BCUT2D eigenvalue weighted by atomic mass is 9.74. The molecule has 1 aromatic heterocycles. The molecule has 0 radical (unpaired) electrons. The molecular weight excluding hydrogens is 470 g/mol. The SMILES string of the molecule is CC(C)(C)OC(=O)n1cncc1/C=C1\CCCN(C(c2ccccc2)(c2ccccc2)c2ccccc2)C1. The fourth-order valence-electron chi connectivity index (χ4n) is 5.47. The molecule has 194 valence electrons. The molecule has 0 spiro atoms. The topological polar surface area (TPSA) is 47.4 Å². The summed E-state index contributed by atoms with van der Waals surface area (Å²) < 4.78 is 7.10. The maximum Gasteiger partial charge on any atom is 0.420 e. The lowest BCUT2D eigenvalue weighted by Gasteiger charge is -2.48. The first kappa shape index (κ1) is 25.7. The van der Waals surface area contributed by atoms with E-state index in [1.807, 2.05) is 20.8 Å². The summed E-state index contributed by atoms with van der Waals surface area (Å²) >= 11 is 0. The van der Waals surface area contributed by atoms with Gasteiger partial charge in [0.25, 0.3) is 0 Å². The quantitative estimate of drug-likeness (QED) is 0.271. The van der Waals surface area contributed by atoms with E-state index in [2.05, 4.69) is 107 Å². The maximum atomic E-state index is 12.8. The summed E-state index contributed by atoms with van der Waals surface area (Å²) in [5.74, 6) is 0. The monoisotopic (exact) mass is 505 g/mol. The summed E-state index contributed by atoms with van der Waals surface area (Å²) in [4.78, 5) is 19.7. The molecule has 5 heteroatoms. The number of hydrogen-bond donors (Lipinski definition) is 0. The number of aromatic nitrogens is 2. The van der Waals surface area contributed by atoms with E-state index in [1.54, 1.807) is 6.20 Å². The lowest BCUT2D eigenvalue weighted by molar-refractivity contribution is 0.0535. The summed E-state index contributed by atoms with van der Waals surface area (Å²) in [6, 6.07) is 32.3. The molecule has 3 aromatic carbocycles. The van der Waals surface area contributed by atoms with E-state index >= 15 is 0 Å². The molecule has 2 heterocycles. The van der Waals surface area contributed by atoms with Crippen LogP contribution in [0.1, 0.15) is 56.0 Å². The Balaban J connectivity index is 1.59. The van der Waals surface area contributed by atoms with Gasteiger partial charge in [0.1, 0.15) is 11.9 Å². The smallest absolute Gasteiger partial charge is 0.420 e. The Morgan fingerprint density at radius 1 is 0.842 bits per heavy atom. The molecule has 0 bridgehead atoms. The van der Waals surface area contributed by atoms with Crippen molar-refractivity contribution in [3.63, 3.8) is 0 Å². The van der Waals surface area contributed by atoms with E-state index in [0.717, 1.165) is 31.6 Å². The predicted octanol–water partition coefficient (Wildman–Crippen LogP) is 7.14. The number of nitrogens with zero attached hydrogens (tertiary/aromatic N) is 3. The molecular formula is C33H35N3O2. The molecule has 4 aromatic rings. The second-order valence-electron chi connectivity index (χ2n) is 10.8. The van der Waals surface area contributed by atoms with Gasteiger partial charge in [-0.3, -0.25) is 4.90 Å². The van der Waals surface area contributed by atoms with E-state index in [9.17, 15) is 4.79 Å². The summed E-state index contributed by atoms with van der Waals surface area (Å²) in [7, 11) is 0. The average Bonchev–Trinajstić information content (AvgIpc) is 3.39. The van der Waals surface area contributed by atoms with Crippen molar-refractivity contribution in [2.24, 2.45) is 0 Å². The van der Waals surface area contributed by atoms with Crippen molar-refractivity contribution in [2.75, 3.05) is 13.1 Å².